The summed E-state index contributed by atoms with van der Waals surface area (Å²) in [5, 5.41) is 3.27. The molecule has 2 rings (SSSR count). The number of hydrogen-bond donors (Lipinski definition) is 1. The molecule has 1 N–H and O–H groups in total. The van der Waals surface area contributed by atoms with Crippen molar-refractivity contribution in [3.05, 3.63) is 29.8 Å². The van der Waals surface area contributed by atoms with E-state index in [1.54, 1.807) is 13.2 Å². The van der Waals surface area contributed by atoms with Gasteiger partial charge in [0.25, 0.3) is 5.91 Å². The molecule has 17 heavy (non-hydrogen) atoms. The number of benzene rings is 1. The Kier molecular flexibility index (Phi) is 3.64. The van der Waals surface area contributed by atoms with Gasteiger partial charge in [-0.3, -0.25) is 4.79 Å². The number of rotatable bonds is 2. The van der Waals surface area contributed by atoms with E-state index in [0.29, 0.717) is 5.56 Å². The standard InChI is InChI=1S/C13H18N2O2/c1-10-9-14-6-7-15(10)13(16)11-4-3-5-12(8-11)17-2/h3-5,8,10,14H,6-7,9H2,1-2H3. The molecule has 0 spiro atoms. The molecule has 0 aromatic heterocycles. The van der Waals surface area contributed by atoms with E-state index < -0.39 is 0 Å². The zero-order valence-electron chi connectivity index (χ0n) is 10.3. The molecule has 0 aliphatic carbocycles. The molecule has 1 aliphatic rings. The van der Waals surface area contributed by atoms with Crippen LogP contribution >= 0.6 is 0 Å². The van der Waals surface area contributed by atoms with Crippen molar-refractivity contribution in [2.45, 2.75) is 13.0 Å². The Morgan fingerprint density at radius 3 is 3.06 bits per heavy atom. The zero-order chi connectivity index (χ0) is 12.3. The first-order chi connectivity index (χ1) is 8.22. The second-order valence-electron chi connectivity index (χ2n) is 4.28. The Labute approximate surface area is 102 Å². The van der Waals surface area contributed by atoms with E-state index in [-0.39, 0.29) is 11.9 Å². The number of nitrogens with one attached hydrogen (secondary N) is 1. The highest BCUT2D eigenvalue weighted by Crippen LogP contribution is 2.16. The minimum atomic E-state index is 0.0814. The maximum absolute atomic E-state index is 12.3. The third-order valence-corrected chi connectivity index (χ3v) is 3.08. The molecule has 1 amide bonds. The Hall–Kier alpha value is -1.55. The van der Waals surface area contributed by atoms with Crippen LogP contribution in [0.5, 0.6) is 5.75 Å². The topological polar surface area (TPSA) is 41.6 Å². The number of methoxy groups -OCH3 is 1. The molecule has 1 aromatic carbocycles. The summed E-state index contributed by atoms with van der Waals surface area (Å²) in [6.45, 7) is 4.54. The fourth-order valence-electron chi connectivity index (χ4n) is 2.06. The van der Waals surface area contributed by atoms with Gasteiger partial charge in [-0.1, -0.05) is 6.07 Å². The molecule has 1 saturated heterocycles. The van der Waals surface area contributed by atoms with Crippen LogP contribution in [-0.2, 0) is 0 Å². The van der Waals surface area contributed by atoms with E-state index in [1.807, 2.05) is 23.1 Å². The minimum Gasteiger partial charge on any atom is -0.497 e. The van der Waals surface area contributed by atoms with Crippen molar-refractivity contribution in [2.75, 3.05) is 26.7 Å². The molecule has 0 radical (unpaired) electrons. The fourth-order valence-corrected chi connectivity index (χ4v) is 2.06. The van der Waals surface area contributed by atoms with Gasteiger partial charge in [-0.15, -0.1) is 0 Å². The van der Waals surface area contributed by atoms with Crippen LogP contribution in [0.3, 0.4) is 0 Å². The summed E-state index contributed by atoms with van der Waals surface area (Å²) in [5.74, 6) is 0.802. The predicted octanol–water partition coefficient (Wildman–Crippen LogP) is 1.13. The first kappa shape index (κ1) is 11.9. The third-order valence-electron chi connectivity index (χ3n) is 3.08. The maximum Gasteiger partial charge on any atom is 0.254 e. The van der Waals surface area contributed by atoms with Crippen molar-refractivity contribution in [2.24, 2.45) is 0 Å². The summed E-state index contributed by atoms with van der Waals surface area (Å²) in [7, 11) is 1.61. The monoisotopic (exact) mass is 234 g/mol. The van der Waals surface area contributed by atoms with Crippen LogP contribution in [0.4, 0.5) is 0 Å². The minimum absolute atomic E-state index is 0.0814. The summed E-state index contributed by atoms with van der Waals surface area (Å²) >= 11 is 0. The Bertz CT molecular complexity index is 406. The first-order valence-electron chi connectivity index (χ1n) is 5.88. The quantitative estimate of drug-likeness (QED) is 0.834. The molecule has 1 atom stereocenters. The van der Waals surface area contributed by atoms with Gasteiger partial charge in [0.15, 0.2) is 0 Å². The highest BCUT2D eigenvalue weighted by Gasteiger charge is 2.23. The van der Waals surface area contributed by atoms with E-state index in [9.17, 15) is 4.79 Å². The van der Waals surface area contributed by atoms with Gasteiger partial charge >= 0.3 is 0 Å². The van der Waals surface area contributed by atoms with Crippen LogP contribution in [0.15, 0.2) is 24.3 Å². The number of carbonyl (C=O) groups is 1. The fraction of sp³-hybridized carbons (Fsp3) is 0.462. The number of piperazine rings is 1. The highest BCUT2D eigenvalue weighted by molar-refractivity contribution is 5.94. The van der Waals surface area contributed by atoms with Gasteiger partial charge in [0.2, 0.25) is 0 Å². The summed E-state index contributed by atoms with van der Waals surface area (Å²) in [5.41, 5.74) is 0.693. The molecule has 1 aromatic rings. The molecule has 1 unspecified atom stereocenters. The van der Waals surface area contributed by atoms with E-state index in [4.69, 9.17) is 4.74 Å². The average molecular weight is 234 g/mol. The number of hydrogen-bond acceptors (Lipinski definition) is 3. The predicted molar refractivity (Wildman–Crippen MR) is 66.4 cm³/mol. The van der Waals surface area contributed by atoms with Crippen LogP contribution in [0.1, 0.15) is 17.3 Å². The van der Waals surface area contributed by atoms with E-state index in [2.05, 4.69) is 12.2 Å². The number of ether oxygens (including phenoxy) is 1. The van der Waals surface area contributed by atoms with Gasteiger partial charge in [0, 0.05) is 31.2 Å². The van der Waals surface area contributed by atoms with Crippen molar-refractivity contribution in [3.63, 3.8) is 0 Å². The third kappa shape index (κ3) is 2.58. The van der Waals surface area contributed by atoms with Crippen LogP contribution < -0.4 is 10.1 Å². The Morgan fingerprint density at radius 1 is 1.53 bits per heavy atom. The average Bonchev–Trinajstić information content (AvgIpc) is 2.38. The SMILES string of the molecule is COc1cccc(C(=O)N2CCNCC2C)c1. The zero-order valence-corrected chi connectivity index (χ0v) is 10.3. The van der Waals surface area contributed by atoms with Crippen molar-refractivity contribution in [1.82, 2.24) is 10.2 Å². The second-order valence-corrected chi connectivity index (χ2v) is 4.28. The molecule has 1 fully saturated rings. The summed E-state index contributed by atoms with van der Waals surface area (Å²) in [6.07, 6.45) is 0. The van der Waals surface area contributed by atoms with Crippen LogP contribution in [-0.4, -0.2) is 43.6 Å². The van der Waals surface area contributed by atoms with E-state index in [1.165, 1.54) is 0 Å². The molecule has 4 nitrogen and oxygen atoms in total. The molecule has 0 saturated carbocycles. The van der Waals surface area contributed by atoms with Gasteiger partial charge in [-0.2, -0.15) is 0 Å². The molecule has 1 heterocycles. The van der Waals surface area contributed by atoms with Gasteiger partial charge in [-0.05, 0) is 25.1 Å². The molecule has 0 bridgehead atoms. The molecular formula is C13H18N2O2. The highest BCUT2D eigenvalue weighted by atomic mass is 16.5. The van der Waals surface area contributed by atoms with Gasteiger partial charge in [0.1, 0.15) is 5.75 Å². The molecule has 92 valence electrons. The second kappa shape index (κ2) is 5.19. The van der Waals surface area contributed by atoms with Crippen molar-refractivity contribution >= 4 is 5.91 Å². The number of nitrogens with zero attached hydrogens (tertiary/aromatic N) is 1. The van der Waals surface area contributed by atoms with Crippen LogP contribution in [0, 0.1) is 0 Å². The first-order valence-corrected chi connectivity index (χ1v) is 5.88. The number of amides is 1. The maximum atomic E-state index is 12.3. The normalized spacial score (nSPS) is 20.1. The smallest absolute Gasteiger partial charge is 0.254 e. The molecular weight excluding hydrogens is 216 g/mol. The largest absolute Gasteiger partial charge is 0.497 e. The Balaban J connectivity index is 2.17. The number of carbonyl (C=O) groups excluding carboxylic acids is 1. The summed E-state index contributed by atoms with van der Waals surface area (Å²) in [4.78, 5) is 14.2. The summed E-state index contributed by atoms with van der Waals surface area (Å²) in [6, 6.07) is 7.55. The Morgan fingerprint density at radius 2 is 2.35 bits per heavy atom. The summed E-state index contributed by atoms with van der Waals surface area (Å²) < 4.78 is 5.14. The lowest BCUT2D eigenvalue weighted by Gasteiger charge is -2.34. The molecule has 4 heteroatoms. The lowest BCUT2D eigenvalue weighted by atomic mass is 10.1. The van der Waals surface area contributed by atoms with Crippen molar-refractivity contribution in [3.8, 4) is 5.75 Å². The van der Waals surface area contributed by atoms with Gasteiger partial charge in [0.05, 0.1) is 7.11 Å². The lowest BCUT2D eigenvalue weighted by molar-refractivity contribution is 0.0655. The van der Waals surface area contributed by atoms with Gasteiger partial charge < -0.3 is 15.0 Å². The molecule has 1 aliphatic heterocycles. The van der Waals surface area contributed by atoms with E-state index in [0.717, 1.165) is 25.4 Å². The van der Waals surface area contributed by atoms with Crippen LogP contribution in [0.2, 0.25) is 0 Å². The van der Waals surface area contributed by atoms with E-state index >= 15 is 0 Å². The lowest BCUT2D eigenvalue weighted by Crippen LogP contribution is -2.52. The van der Waals surface area contributed by atoms with Crippen LogP contribution in [0.25, 0.3) is 0 Å². The van der Waals surface area contributed by atoms with Gasteiger partial charge in [-0.25, -0.2) is 0 Å². The van der Waals surface area contributed by atoms with Crippen molar-refractivity contribution in [1.29, 1.82) is 0 Å². The van der Waals surface area contributed by atoms with Crippen molar-refractivity contribution < 1.29 is 9.53 Å².